The number of aliphatic hydroxyl groups is 1. The largest absolute Gasteiger partial charge is 0.391 e. The second kappa shape index (κ2) is 5.73. The van der Waals surface area contributed by atoms with Crippen LogP contribution in [-0.4, -0.2) is 10.3 Å². The van der Waals surface area contributed by atoms with Gasteiger partial charge in [0.15, 0.2) is 5.76 Å². The van der Waals surface area contributed by atoms with Crippen molar-refractivity contribution in [1.82, 2.24) is 5.16 Å². The van der Waals surface area contributed by atoms with Crippen LogP contribution in [0.25, 0.3) is 22.6 Å². The van der Waals surface area contributed by atoms with E-state index in [0.29, 0.717) is 22.6 Å². The second-order valence-electron chi connectivity index (χ2n) is 5.38. The molecule has 1 aromatic heterocycles. The zero-order chi connectivity index (χ0) is 15.7. The molecule has 0 saturated carbocycles. The number of aromatic nitrogens is 1. The van der Waals surface area contributed by atoms with Crippen LogP contribution in [0.1, 0.15) is 16.7 Å². The molecule has 0 aliphatic heterocycles. The first kappa shape index (κ1) is 14.5. The number of halogens is 1. The first-order valence-corrected chi connectivity index (χ1v) is 7.02. The Morgan fingerprint density at radius 1 is 1.00 bits per heavy atom. The van der Waals surface area contributed by atoms with E-state index < -0.39 is 0 Å². The minimum absolute atomic E-state index is 0.196. The molecule has 3 rings (SSSR count). The van der Waals surface area contributed by atoms with Gasteiger partial charge in [0, 0.05) is 11.1 Å². The van der Waals surface area contributed by atoms with Gasteiger partial charge in [0.05, 0.1) is 12.2 Å². The molecule has 0 aliphatic rings. The zero-order valence-electron chi connectivity index (χ0n) is 12.4. The third-order valence-corrected chi connectivity index (χ3v) is 3.55. The van der Waals surface area contributed by atoms with Crippen molar-refractivity contribution in [2.24, 2.45) is 0 Å². The monoisotopic (exact) mass is 297 g/mol. The third-order valence-electron chi connectivity index (χ3n) is 3.55. The van der Waals surface area contributed by atoms with Crippen molar-refractivity contribution in [3.63, 3.8) is 0 Å². The summed E-state index contributed by atoms with van der Waals surface area (Å²) >= 11 is 0. The standard InChI is InChI=1S/C18H16FNO2/c1-11-7-12(2)9-14(8-11)18-16(10-21)17(20-22-18)13-3-5-15(19)6-4-13/h3-9,21H,10H2,1-2H3. The number of benzene rings is 2. The Labute approximate surface area is 128 Å². The van der Waals surface area contributed by atoms with Crippen molar-refractivity contribution in [2.75, 3.05) is 0 Å². The van der Waals surface area contributed by atoms with E-state index in [9.17, 15) is 9.50 Å². The number of aliphatic hydroxyl groups excluding tert-OH is 1. The Balaban J connectivity index is 2.12. The van der Waals surface area contributed by atoms with Gasteiger partial charge in [0.25, 0.3) is 0 Å². The van der Waals surface area contributed by atoms with Crippen LogP contribution in [-0.2, 0) is 6.61 Å². The predicted molar refractivity (Wildman–Crippen MR) is 82.7 cm³/mol. The first-order valence-electron chi connectivity index (χ1n) is 7.02. The average Bonchev–Trinajstić information content (AvgIpc) is 2.91. The molecule has 3 nitrogen and oxygen atoms in total. The molecule has 0 spiro atoms. The minimum atomic E-state index is -0.313. The molecule has 1 heterocycles. The van der Waals surface area contributed by atoms with Gasteiger partial charge in [0.1, 0.15) is 11.5 Å². The molecule has 0 saturated heterocycles. The average molecular weight is 297 g/mol. The summed E-state index contributed by atoms with van der Waals surface area (Å²) in [6.07, 6.45) is 0. The van der Waals surface area contributed by atoms with Crippen molar-refractivity contribution < 1.29 is 14.0 Å². The molecule has 1 N–H and O–H groups in total. The van der Waals surface area contributed by atoms with Crippen LogP contribution in [0.5, 0.6) is 0 Å². The maximum Gasteiger partial charge on any atom is 0.173 e. The molecule has 0 aliphatic carbocycles. The summed E-state index contributed by atoms with van der Waals surface area (Å²) < 4.78 is 18.5. The van der Waals surface area contributed by atoms with Gasteiger partial charge in [0.2, 0.25) is 0 Å². The van der Waals surface area contributed by atoms with E-state index in [2.05, 4.69) is 11.2 Å². The van der Waals surface area contributed by atoms with E-state index in [0.717, 1.165) is 16.7 Å². The smallest absolute Gasteiger partial charge is 0.173 e. The molecular weight excluding hydrogens is 281 g/mol. The van der Waals surface area contributed by atoms with E-state index in [-0.39, 0.29) is 12.4 Å². The van der Waals surface area contributed by atoms with Crippen molar-refractivity contribution in [2.45, 2.75) is 20.5 Å². The molecule has 0 unspecified atom stereocenters. The number of hydrogen-bond acceptors (Lipinski definition) is 3. The molecule has 0 fully saturated rings. The van der Waals surface area contributed by atoms with E-state index in [4.69, 9.17) is 4.52 Å². The molecule has 0 atom stereocenters. The SMILES string of the molecule is Cc1cc(C)cc(-c2onc(-c3ccc(F)cc3)c2CO)c1. The van der Waals surface area contributed by atoms with Crippen LogP contribution < -0.4 is 0 Å². The Hall–Kier alpha value is -2.46. The lowest BCUT2D eigenvalue weighted by molar-refractivity contribution is 0.281. The van der Waals surface area contributed by atoms with Gasteiger partial charge in [-0.1, -0.05) is 22.3 Å². The topological polar surface area (TPSA) is 46.3 Å². The van der Waals surface area contributed by atoms with Gasteiger partial charge in [-0.3, -0.25) is 0 Å². The minimum Gasteiger partial charge on any atom is -0.391 e. The summed E-state index contributed by atoms with van der Waals surface area (Å²) in [7, 11) is 0. The van der Waals surface area contributed by atoms with Gasteiger partial charge >= 0.3 is 0 Å². The quantitative estimate of drug-likeness (QED) is 0.786. The Morgan fingerprint density at radius 3 is 2.23 bits per heavy atom. The van der Waals surface area contributed by atoms with E-state index in [1.807, 2.05) is 26.0 Å². The lowest BCUT2D eigenvalue weighted by Crippen LogP contribution is -1.90. The van der Waals surface area contributed by atoms with Gasteiger partial charge in [-0.05, 0) is 50.2 Å². The molecule has 3 aromatic rings. The number of nitrogens with zero attached hydrogens (tertiary/aromatic N) is 1. The van der Waals surface area contributed by atoms with Crippen molar-refractivity contribution >= 4 is 0 Å². The van der Waals surface area contributed by atoms with Crippen molar-refractivity contribution in [3.05, 3.63) is 65.0 Å². The second-order valence-corrected chi connectivity index (χ2v) is 5.38. The normalized spacial score (nSPS) is 10.9. The number of rotatable bonds is 3. The van der Waals surface area contributed by atoms with E-state index in [1.54, 1.807) is 12.1 Å². The number of aryl methyl sites for hydroxylation is 2. The molecule has 0 radical (unpaired) electrons. The third kappa shape index (κ3) is 2.65. The Bertz CT molecular complexity index is 786. The first-order chi connectivity index (χ1) is 10.6. The molecule has 22 heavy (non-hydrogen) atoms. The Morgan fingerprint density at radius 2 is 1.64 bits per heavy atom. The molecule has 0 amide bonds. The summed E-state index contributed by atoms with van der Waals surface area (Å²) in [5.74, 6) is 0.237. The fourth-order valence-electron chi connectivity index (χ4n) is 2.62. The highest BCUT2D eigenvalue weighted by Gasteiger charge is 2.18. The van der Waals surface area contributed by atoms with Crippen LogP contribution >= 0.6 is 0 Å². The van der Waals surface area contributed by atoms with Crippen LogP contribution in [0.2, 0.25) is 0 Å². The van der Waals surface area contributed by atoms with Crippen molar-refractivity contribution in [3.8, 4) is 22.6 Å². The predicted octanol–water partition coefficient (Wildman–Crippen LogP) is 4.26. The van der Waals surface area contributed by atoms with Crippen LogP contribution in [0.15, 0.2) is 47.0 Å². The highest BCUT2D eigenvalue weighted by atomic mass is 19.1. The van der Waals surface area contributed by atoms with Crippen LogP contribution in [0, 0.1) is 19.7 Å². The summed E-state index contributed by atoms with van der Waals surface area (Å²) in [4.78, 5) is 0. The summed E-state index contributed by atoms with van der Waals surface area (Å²) in [5, 5.41) is 13.8. The van der Waals surface area contributed by atoms with E-state index in [1.165, 1.54) is 12.1 Å². The highest BCUT2D eigenvalue weighted by Crippen LogP contribution is 2.33. The fraction of sp³-hybridized carbons (Fsp3) is 0.167. The summed E-state index contributed by atoms with van der Waals surface area (Å²) in [6, 6.07) is 12.0. The highest BCUT2D eigenvalue weighted by molar-refractivity contribution is 5.73. The van der Waals surface area contributed by atoms with Gasteiger partial charge in [-0.15, -0.1) is 0 Å². The molecule has 0 bridgehead atoms. The maximum atomic E-state index is 13.1. The summed E-state index contributed by atoms with van der Waals surface area (Å²) in [5.41, 5.74) is 4.96. The van der Waals surface area contributed by atoms with E-state index >= 15 is 0 Å². The Kier molecular flexibility index (Phi) is 3.77. The van der Waals surface area contributed by atoms with Crippen LogP contribution in [0.4, 0.5) is 4.39 Å². The molecule has 2 aromatic carbocycles. The lowest BCUT2D eigenvalue weighted by atomic mass is 10.00. The molecule has 4 heteroatoms. The van der Waals surface area contributed by atoms with Gasteiger partial charge in [-0.25, -0.2) is 4.39 Å². The maximum absolute atomic E-state index is 13.1. The van der Waals surface area contributed by atoms with Crippen molar-refractivity contribution in [1.29, 1.82) is 0 Å². The van der Waals surface area contributed by atoms with Crippen LogP contribution in [0.3, 0.4) is 0 Å². The fourth-order valence-corrected chi connectivity index (χ4v) is 2.62. The zero-order valence-corrected chi connectivity index (χ0v) is 12.4. The molecule has 112 valence electrons. The van der Waals surface area contributed by atoms with Gasteiger partial charge in [-0.2, -0.15) is 0 Å². The number of hydrogen-bond donors (Lipinski definition) is 1. The van der Waals surface area contributed by atoms with Gasteiger partial charge < -0.3 is 9.63 Å². The summed E-state index contributed by atoms with van der Waals surface area (Å²) in [6.45, 7) is 3.82. The lowest BCUT2D eigenvalue weighted by Gasteiger charge is -2.04. The molecular formula is C18H16FNO2.